The number of esters is 3. The van der Waals surface area contributed by atoms with Crippen LogP contribution in [-0.4, -0.2) is 37.2 Å². The molecule has 6 nitrogen and oxygen atoms in total. The lowest BCUT2D eigenvalue weighted by Crippen LogP contribution is -2.30. The van der Waals surface area contributed by atoms with Gasteiger partial charge in [-0.1, -0.05) is 205 Å². The Balaban J connectivity index is 4.63. The van der Waals surface area contributed by atoms with Crippen molar-refractivity contribution in [1.82, 2.24) is 0 Å². The van der Waals surface area contributed by atoms with Crippen LogP contribution in [0.5, 0.6) is 0 Å². The summed E-state index contributed by atoms with van der Waals surface area (Å²) in [6.45, 7) is 6.25. The van der Waals surface area contributed by atoms with E-state index in [-0.39, 0.29) is 38.0 Å². The number of ether oxygens (including phenoxy) is 3. The molecule has 0 aliphatic heterocycles. The van der Waals surface area contributed by atoms with Gasteiger partial charge in [-0.3, -0.25) is 14.4 Å². The summed E-state index contributed by atoms with van der Waals surface area (Å²) in [5.41, 5.74) is 0. The number of carbonyl (C=O) groups excluding carboxylic acids is 3. The Bertz CT molecular complexity index is 1530. The molecule has 0 heterocycles. The average molecular weight is 923 g/mol. The van der Waals surface area contributed by atoms with Crippen molar-refractivity contribution in [2.75, 3.05) is 13.2 Å². The van der Waals surface area contributed by atoms with Gasteiger partial charge < -0.3 is 14.2 Å². The molecule has 6 heteroatoms. The lowest BCUT2D eigenvalue weighted by atomic mass is 10.1. The van der Waals surface area contributed by atoms with Crippen LogP contribution in [0.4, 0.5) is 0 Å². The maximum atomic E-state index is 12.8. The summed E-state index contributed by atoms with van der Waals surface area (Å²) in [6.07, 6.45) is 77.0. The molecule has 0 saturated heterocycles. The van der Waals surface area contributed by atoms with Crippen molar-refractivity contribution in [3.8, 4) is 0 Å². The highest BCUT2D eigenvalue weighted by molar-refractivity contribution is 5.71. The number of carbonyl (C=O) groups is 3. The minimum absolute atomic E-state index is 0.134. The molecule has 1 atom stereocenters. The first-order valence-electron chi connectivity index (χ1n) is 26.3. The first-order chi connectivity index (χ1) is 33.0. The zero-order chi connectivity index (χ0) is 48.6. The van der Waals surface area contributed by atoms with Gasteiger partial charge in [0.2, 0.25) is 0 Å². The largest absolute Gasteiger partial charge is 0.462 e. The molecule has 0 bridgehead atoms. The van der Waals surface area contributed by atoms with E-state index in [0.717, 1.165) is 109 Å². The molecule has 0 rings (SSSR count). The average Bonchev–Trinajstić information content (AvgIpc) is 3.33. The quantitative estimate of drug-likeness (QED) is 0.0262. The van der Waals surface area contributed by atoms with Crippen LogP contribution in [-0.2, 0) is 28.6 Å². The summed E-state index contributed by atoms with van der Waals surface area (Å²) in [4.78, 5) is 38.0. The number of rotatable bonds is 45. The van der Waals surface area contributed by atoms with Crippen LogP contribution in [0.1, 0.15) is 201 Å². The number of hydrogen-bond donors (Lipinski definition) is 0. The highest BCUT2D eigenvalue weighted by atomic mass is 16.6. The molecule has 0 aromatic heterocycles. The van der Waals surface area contributed by atoms with Crippen LogP contribution in [0.3, 0.4) is 0 Å². The Morgan fingerprint density at radius 3 is 1.06 bits per heavy atom. The Kier molecular flexibility index (Phi) is 50.1. The van der Waals surface area contributed by atoms with Crippen LogP contribution >= 0.6 is 0 Å². The van der Waals surface area contributed by atoms with Crippen LogP contribution < -0.4 is 0 Å². The Morgan fingerprint density at radius 1 is 0.313 bits per heavy atom. The van der Waals surface area contributed by atoms with Crippen LogP contribution in [0.2, 0.25) is 0 Å². The predicted molar refractivity (Wildman–Crippen MR) is 288 cm³/mol. The first-order valence-corrected chi connectivity index (χ1v) is 26.3. The molecule has 0 amide bonds. The normalized spacial score (nSPS) is 13.3. The maximum absolute atomic E-state index is 12.8. The van der Waals surface area contributed by atoms with Gasteiger partial charge >= 0.3 is 17.9 Å². The van der Waals surface area contributed by atoms with E-state index in [1.54, 1.807) is 0 Å². The van der Waals surface area contributed by atoms with E-state index in [4.69, 9.17) is 14.2 Å². The summed E-state index contributed by atoms with van der Waals surface area (Å²) >= 11 is 0. The summed E-state index contributed by atoms with van der Waals surface area (Å²) in [6, 6.07) is 0. The fourth-order valence-electron chi connectivity index (χ4n) is 6.44. The smallest absolute Gasteiger partial charge is 0.306 e. The molecule has 67 heavy (non-hydrogen) atoms. The van der Waals surface area contributed by atoms with Gasteiger partial charge in [-0.05, 0) is 122 Å². The standard InChI is InChI=1S/C61H94O6/c1-4-7-10-13-16-19-22-25-27-29-30-32-33-36-39-42-45-48-51-54-60(63)66-57-58(56-65-59(62)53-50-47-44-41-38-35-24-21-18-15-12-9-6-3)67-61(64)55-52-49-46-43-40-37-34-31-28-26-23-20-17-14-11-8-5-2/h7-8,10-11,16-17,19-21,24-28,30,32,34,36-37,39,43,45-46,48,58H,4-6,9,12-15,18,22-23,29,31,33,35,38,40-42,44,47,49-57H2,1-3H3/b10-7-,11-8-,19-16-,20-17-,24-21-,27-25-,28-26-,32-30-,37-34-,39-36-,46-43-,48-45-. The highest BCUT2D eigenvalue weighted by Gasteiger charge is 2.19. The monoisotopic (exact) mass is 923 g/mol. The van der Waals surface area contributed by atoms with Crippen molar-refractivity contribution in [2.45, 2.75) is 207 Å². The zero-order valence-electron chi connectivity index (χ0n) is 42.6. The van der Waals surface area contributed by atoms with Crippen molar-refractivity contribution in [1.29, 1.82) is 0 Å². The van der Waals surface area contributed by atoms with Gasteiger partial charge in [-0.15, -0.1) is 0 Å². The third-order valence-corrected chi connectivity index (χ3v) is 10.3. The highest BCUT2D eigenvalue weighted by Crippen LogP contribution is 2.11. The number of unbranched alkanes of at least 4 members (excludes halogenated alkanes) is 10. The van der Waals surface area contributed by atoms with E-state index in [1.807, 2.05) is 12.2 Å². The van der Waals surface area contributed by atoms with Crippen molar-refractivity contribution >= 4 is 17.9 Å². The molecule has 0 aromatic rings. The first kappa shape index (κ1) is 62.3. The lowest BCUT2D eigenvalue weighted by molar-refractivity contribution is -0.166. The van der Waals surface area contributed by atoms with Crippen LogP contribution in [0, 0.1) is 0 Å². The zero-order valence-corrected chi connectivity index (χ0v) is 42.6. The SMILES string of the molecule is CC/C=C\C/C=C\C/C=C\C/C=C\C/C=C\C/C=C\CCC(=O)OCC(COC(=O)CCCCCCC/C=C\CCCCCC)OC(=O)CCC/C=C\C/C=C\C/C=C\C/C=C\C/C=C\CC. The molecule has 0 spiro atoms. The molecule has 0 fully saturated rings. The van der Waals surface area contributed by atoms with Gasteiger partial charge in [-0.2, -0.15) is 0 Å². The molecule has 0 saturated carbocycles. The number of hydrogen-bond acceptors (Lipinski definition) is 6. The Labute approximate surface area is 410 Å². The van der Waals surface area contributed by atoms with Gasteiger partial charge in [0.15, 0.2) is 6.10 Å². The van der Waals surface area contributed by atoms with Crippen molar-refractivity contribution in [3.63, 3.8) is 0 Å². The molecule has 0 aromatic carbocycles. The van der Waals surface area contributed by atoms with Gasteiger partial charge in [0, 0.05) is 19.3 Å². The lowest BCUT2D eigenvalue weighted by Gasteiger charge is -2.18. The summed E-state index contributed by atoms with van der Waals surface area (Å²) in [7, 11) is 0. The fraction of sp³-hybridized carbons (Fsp3) is 0.557. The Hall–Kier alpha value is -4.71. The maximum Gasteiger partial charge on any atom is 0.306 e. The molecule has 1 unspecified atom stereocenters. The second kappa shape index (κ2) is 53.9. The summed E-state index contributed by atoms with van der Waals surface area (Å²) < 4.78 is 16.7. The van der Waals surface area contributed by atoms with Crippen molar-refractivity contribution in [2.24, 2.45) is 0 Å². The van der Waals surface area contributed by atoms with E-state index in [9.17, 15) is 14.4 Å². The third kappa shape index (κ3) is 52.1. The van der Waals surface area contributed by atoms with Crippen molar-refractivity contribution < 1.29 is 28.6 Å². The minimum Gasteiger partial charge on any atom is -0.462 e. The molecular weight excluding hydrogens is 829 g/mol. The molecule has 0 aliphatic carbocycles. The molecule has 0 aliphatic rings. The molecular formula is C61H94O6. The minimum atomic E-state index is -0.848. The molecule has 374 valence electrons. The molecule has 0 radical (unpaired) electrons. The fourth-order valence-corrected chi connectivity index (χ4v) is 6.44. The number of allylic oxidation sites excluding steroid dienone is 24. The van der Waals surface area contributed by atoms with E-state index < -0.39 is 12.1 Å². The second-order valence-corrected chi connectivity index (χ2v) is 16.7. The topological polar surface area (TPSA) is 78.9 Å². The Morgan fingerprint density at radius 2 is 0.627 bits per heavy atom. The second-order valence-electron chi connectivity index (χ2n) is 16.7. The summed E-state index contributed by atoms with van der Waals surface area (Å²) in [5.74, 6) is -1.10. The summed E-state index contributed by atoms with van der Waals surface area (Å²) in [5, 5.41) is 0. The van der Waals surface area contributed by atoms with Gasteiger partial charge in [0.1, 0.15) is 13.2 Å². The van der Waals surface area contributed by atoms with Gasteiger partial charge in [-0.25, -0.2) is 0 Å². The van der Waals surface area contributed by atoms with E-state index in [2.05, 4.69) is 154 Å². The third-order valence-electron chi connectivity index (χ3n) is 10.3. The van der Waals surface area contributed by atoms with Crippen LogP contribution in [0.25, 0.3) is 0 Å². The van der Waals surface area contributed by atoms with Crippen LogP contribution in [0.15, 0.2) is 146 Å². The van der Waals surface area contributed by atoms with Gasteiger partial charge in [0.25, 0.3) is 0 Å². The predicted octanol–water partition coefficient (Wildman–Crippen LogP) is 17.6. The molecule has 0 N–H and O–H groups in total. The van der Waals surface area contributed by atoms with Crippen molar-refractivity contribution in [3.05, 3.63) is 146 Å². The van der Waals surface area contributed by atoms with E-state index in [1.165, 1.54) is 38.5 Å². The van der Waals surface area contributed by atoms with E-state index in [0.29, 0.717) is 19.3 Å². The van der Waals surface area contributed by atoms with E-state index >= 15 is 0 Å². The van der Waals surface area contributed by atoms with Gasteiger partial charge in [0.05, 0.1) is 0 Å².